The number of piperazine rings is 1. The Kier molecular flexibility index (Phi) is 6.52. The summed E-state index contributed by atoms with van der Waals surface area (Å²) in [6, 6.07) is 8.17. The van der Waals surface area contributed by atoms with E-state index >= 15 is 0 Å². The molecule has 0 saturated carbocycles. The van der Waals surface area contributed by atoms with Crippen molar-refractivity contribution in [2.45, 2.75) is 19.8 Å². The van der Waals surface area contributed by atoms with Crippen LogP contribution in [0.5, 0.6) is 5.75 Å². The predicted molar refractivity (Wildman–Crippen MR) is 88.4 cm³/mol. The van der Waals surface area contributed by atoms with Gasteiger partial charge in [-0.2, -0.15) is 0 Å². The molecule has 2 amide bonds. The molecule has 1 aliphatic heterocycles. The number of benzene rings is 1. The number of nitrogens with one attached hydrogen (secondary N) is 1. The van der Waals surface area contributed by atoms with Crippen LogP contribution in [0.25, 0.3) is 0 Å². The number of aryl methyl sites for hydroxylation is 1. The van der Waals surface area contributed by atoms with Crippen LogP contribution in [0.4, 0.5) is 4.79 Å². The SMILES string of the molecule is CCN1CCN(C(=O)NCCCc2ccc(OC)cc2)CC1. The fourth-order valence-electron chi connectivity index (χ4n) is 2.66. The summed E-state index contributed by atoms with van der Waals surface area (Å²) < 4.78 is 5.14. The summed E-state index contributed by atoms with van der Waals surface area (Å²) in [4.78, 5) is 16.4. The number of methoxy groups -OCH3 is 1. The minimum Gasteiger partial charge on any atom is -0.497 e. The van der Waals surface area contributed by atoms with Gasteiger partial charge in [0.1, 0.15) is 5.75 Å². The first-order chi connectivity index (χ1) is 10.7. The summed E-state index contributed by atoms with van der Waals surface area (Å²) in [6.07, 6.45) is 1.92. The Morgan fingerprint density at radius 1 is 1.18 bits per heavy atom. The van der Waals surface area contributed by atoms with Gasteiger partial charge in [0.2, 0.25) is 0 Å². The van der Waals surface area contributed by atoms with Crippen LogP contribution < -0.4 is 10.1 Å². The van der Waals surface area contributed by atoms with Crippen LogP contribution in [0.15, 0.2) is 24.3 Å². The lowest BCUT2D eigenvalue weighted by Gasteiger charge is -2.34. The highest BCUT2D eigenvalue weighted by Crippen LogP contribution is 2.12. The Morgan fingerprint density at radius 3 is 2.45 bits per heavy atom. The molecule has 0 unspecified atom stereocenters. The van der Waals surface area contributed by atoms with Crippen molar-refractivity contribution < 1.29 is 9.53 Å². The molecule has 2 rings (SSSR count). The van der Waals surface area contributed by atoms with Crippen molar-refractivity contribution in [1.29, 1.82) is 0 Å². The smallest absolute Gasteiger partial charge is 0.317 e. The van der Waals surface area contributed by atoms with E-state index in [0.717, 1.165) is 57.9 Å². The third-order valence-electron chi connectivity index (χ3n) is 4.18. The van der Waals surface area contributed by atoms with Crippen molar-refractivity contribution in [3.63, 3.8) is 0 Å². The largest absolute Gasteiger partial charge is 0.497 e. The number of hydrogen-bond donors (Lipinski definition) is 1. The van der Waals surface area contributed by atoms with Crippen LogP contribution in [0.1, 0.15) is 18.9 Å². The predicted octanol–water partition coefficient (Wildman–Crippen LogP) is 1.97. The van der Waals surface area contributed by atoms with Gasteiger partial charge in [0.25, 0.3) is 0 Å². The number of carbonyl (C=O) groups excluding carboxylic acids is 1. The third-order valence-corrected chi connectivity index (χ3v) is 4.18. The van der Waals surface area contributed by atoms with Gasteiger partial charge >= 0.3 is 6.03 Å². The summed E-state index contributed by atoms with van der Waals surface area (Å²) in [5, 5.41) is 3.02. The first-order valence-corrected chi connectivity index (χ1v) is 8.11. The van der Waals surface area contributed by atoms with Gasteiger partial charge in [-0.05, 0) is 37.1 Å². The van der Waals surface area contributed by atoms with Gasteiger partial charge in [0.15, 0.2) is 0 Å². The van der Waals surface area contributed by atoms with E-state index in [-0.39, 0.29) is 6.03 Å². The summed E-state index contributed by atoms with van der Waals surface area (Å²) >= 11 is 0. The average Bonchev–Trinajstić information content (AvgIpc) is 2.59. The normalized spacial score (nSPS) is 15.6. The van der Waals surface area contributed by atoms with Crippen molar-refractivity contribution in [2.24, 2.45) is 0 Å². The second-order valence-electron chi connectivity index (χ2n) is 5.60. The molecule has 5 heteroatoms. The van der Waals surface area contributed by atoms with E-state index in [9.17, 15) is 4.79 Å². The number of rotatable bonds is 6. The van der Waals surface area contributed by atoms with Gasteiger partial charge in [-0.3, -0.25) is 0 Å². The van der Waals surface area contributed by atoms with Crippen molar-refractivity contribution in [2.75, 3.05) is 46.4 Å². The number of amides is 2. The van der Waals surface area contributed by atoms with E-state index in [2.05, 4.69) is 29.3 Å². The van der Waals surface area contributed by atoms with Crippen molar-refractivity contribution in [3.8, 4) is 5.75 Å². The lowest BCUT2D eigenvalue weighted by molar-refractivity contribution is 0.143. The van der Waals surface area contributed by atoms with E-state index in [1.54, 1.807) is 7.11 Å². The summed E-state index contributed by atoms with van der Waals surface area (Å²) in [5.41, 5.74) is 1.27. The molecule has 1 fully saturated rings. The Morgan fingerprint density at radius 2 is 1.86 bits per heavy atom. The molecule has 0 atom stereocenters. The highest BCUT2D eigenvalue weighted by Gasteiger charge is 2.19. The van der Waals surface area contributed by atoms with Crippen LogP contribution in [0.3, 0.4) is 0 Å². The summed E-state index contributed by atoms with van der Waals surface area (Å²) in [6.45, 7) is 7.58. The Labute approximate surface area is 133 Å². The number of likely N-dealkylation sites (N-methyl/N-ethyl adjacent to an activating group) is 1. The fraction of sp³-hybridized carbons (Fsp3) is 0.588. The fourth-order valence-corrected chi connectivity index (χ4v) is 2.66. The number of carbonyl (C=O) groups is 1. The molecule has 0 bridgehead atoms. The van der Waals surface area contributed by atoms with Gasteiger partial charge < -0.3 is 19.9 Å². The molecule has 1 aromatic carbocycles. The third kappa shape index (κ3) is 4.91. The zero-order chi connectivity index (χ0) is 15.8. The molecule has 5 nitrogen and oxygen atoms in total. The number of nitrogens with zero attached hydrogens (tertiary/aromatic N) is 2. The van der Waals surface area contributed by atoms with Gasteiger partial charge in [-0.25, -0.2) is 4.79 Å². The molecule has 0 spiro atoms. The molecule has 1 heterocycles. The molecule has 1 aromatic rings. The van der Waals surface area contributed by atoms with E-state index in [0.29, 0.717) is 0 Å². The van der Waals surface area contributed by atoms with Crippen LogP contribution in [0, 0.1) is 0 Å². The zero-order valence-electron chi connectivity index (χ0n) is 13.7. The average molecular weight is 305 g/mol. The maximum atomic E-state index is 12.1. The lowest BCUT2D eigenvalue weighted by atomic mass is 10.1. The van der Waals surface area contributed by atoms with Gasteiger partial charge in [-0.15, -0.1) is 0 Å². The molecule has 0 radical (unpaired) electrons. The number of urea groups is 1. The number of ether oxygens (including phenoxy) is 1. The minimum absolute atomic E-state index is 0.0745. The molecule has 0 aromatic heterocycles. The summed E-state index contributed by atoms with van der Waals surface area (Å²) in [5.74, 6) is 0.878. The molecule has 122 valence electrons. The highest BCUT2D eigenvalue weighted by molar-refractivity contribution is 5.74. The van der Waals surface area contributed by atoms with Gasteiger partial charge in [0.05, 0.1) is 7.11 Å². The first kappa shape index (κ1) is 16.6. The maximum absolute atomic E-state index is 12.1. The summed E-state index contributed by atoms with van der Waals surface area (Å²) in [7, 11) is 1.67. The van der Waals surface area contributed by atoms with Crippen molar-refractivity contribution in [1.82, 2.24) is 15.1 Å². The molecule has 22 heavy (non-hydrogen) atoms. The molecular weight excluding hydrogens is 278 g/mol. The van der Waals surface area contributed by atoms with Crippen LogP contribution >= 0.6 is 0 Å². The van der Waals surface area contributed by atoms with E-state index in [1.807, 2.05) is 17.0 Å². The van der Waals surface area contributed by atoms with Crippen LogP contribution in [-0.2, 0) is 6.42 Å². The first-order valence-electron chi connectivity index (χ1n) is 8.11. The van der Waals surface area contributed by atoms with E-state index in [1.165, 1.54) is 5.56 Å². The zero-order valence-corrected chi connectivity index (χ0v) is 13.7. The monoisotopic (exact) mass is 305 g/mol. The second kappa shape index (κ2) is 8.63. The quantitative estimate of drug-likeness (QED) is 0.817. The van der Waals surface area contributed by atoms with Gasteiger partial charge in [0, 0.05) is 32.7 Å². The Hall–Kier alpha value is -1.75. The second-order valence-corrected chi connectivity index (χ2v) is 5.60. The molecule has 0 aliphatic carbocycles. The van der Waals surface area contributed by atoms with E-state index < -0.39 is 0 Å². The standard InChI is InChI=1S/C17H27N3O2/c1-3-19-11-13-20(14-12-19)17(21)18-10-4-5-15-6-8-16(22-2)9-7-15/h6-9H,3-5,10-14H2,1-2H3,(H,18,21). The van der Waals surface area contributed by atoms with Crippen molar-refractivity contribution in [3.05, 3.63) is 29.8 Å². The molecule has 1 saturated heterocycles. The minimum atomic E-state index is 0.0745. The Balaban J connectivity index is 1.62. The van der Waals surface area contributed by atoms with E-state index in [4.69, 9.17) is 4.74 Å². The van der Waals surface area contributed by atoms with Crippen molar-refractivity contribution >= 4 is 6.03 Å². The highest BCUT2D eigenvalue weighted by atomic mass is 16.5. The molecule has 1 N–H and O–H groups in total. The number of hydrogen-bond acceptors (Lipinski definition) is 3. The Bertz CT molecular complexity index is 453. The molecular formula is C17H27N3O2. The maximum Gasteiger partial charge on any atom is 0.317 e. The molecule has 1 aliphatic rings. The van der Waals surface area contributed by atoms with Crippen LogP contribution in [-0.4, -0.2) is 62.2 Å². The van der Waals surface area contributed by atoms with Crippen LogP contribution in [0.2, 0.25) is 0 Å². The van der Waals surface area contributed by atoms with Gasteiger partial charge in [-0.1, -0.05) is 19.1 Å². The lowest BCUT2D eigenvalue weighted by Crippen LogP contribution is -2.51. The topological polar surface area (TPSA) is 44.8 Å².